The molecular formula is C33H38N2O5. The molecule has 0 saturated heterocycles. The Labute approximate surface area is 236 Å². The number of ether oxygens (including phenoxy) is 4. The Bertz CT molecular complexity index is 1480. The van der Waals surface area contributed by atoms with Gasteiger partial charge in [-0.1, -0.05) is 38.1 Å². The number of nitrogens with one attached hydrogen (secondary N) is 1. The predicted octanol–water partition coefficient (Wildman–Crippen LogP) is 6.80. The Balaban J connectivity index is 1.68. The summed E-state index contributed by atoms with van der Waals surface area (Å²) in [5, 5.41) is 5.05. The van der Waals surface area contributed by atoms with E-state index in [0.717, 1.165) is 34.0 Å². The SMILES string of the molecule is COc1cc(Cc2nccc3cc(OC)c(OC)cc23)c(NC(=O)C(C)c2ccc(CC(C)C)cc2)cc1OC. The fourth-order valence-electron chi connectivity index (χ4n) is 4.87. The summed E-state index contributed by atoms with van der Waals surface area (Å²) >= 11 is 0. The second-order valence-corrected chi connectivity index (χ2v) is 10.3. The maximum absolute atomic E-state index is 13.5. The molecule has 40 heavy (non-hydrogen) atoms. The molecule has 0 radical (unpaired) electrons. The van der Waals surface area contributed by atoms with Crippen LogP contribution in [0, 0.1) is 5.92 Å². The van der Waals surface area contributed by atoms with Crippen LogP contribution in [-0.4, -0.2) is 39.3 Å². The summed E-state index contributed by atoms with van der Waals surface area (Å²) in [5.74, 6) is 2.50. The number of amides is 1. The highest BCUT2D eigenvalue weighted by atomic mass is 16.5. The van der Waals surface area contributed by atoms with E-state index in [2.05, 4.69) is 36.3 Å². The number of benzene rings is 3. The van der Waals surface area contributed by atoms with E-state index >= 15 is 0 Å². The van der Waals surface area contributed by atoms with Gasteiger partial charge < -0.3 is 24.3 Å². The van der Waals surface area contributed by atoms with Crippen LogP contribution in [-0.2, 0) is 17.6 Å². The van der Waals surface area contributed by atoms with Gasteiger partial charge >= 0.3 is 0 Å². The van der Waals surface area contributed by atoms with E-state index in [0.29, 0.717) is 41.0 Å². The molecule has 1 aromatic heterocycles. The Morgan fingerprint density at radius 1 is 0.800 bits per heavy atom. The van der Waals surface area contributed by atoms with Gasteiger partial charge in [0.05, 0.1) is 40.1 Å². The lowest BCUT2D eigenvalue weighted by Crippen LogP contribution is -2.20. The molecule has 1 unspecified atom stereocenters. The highest BCUT2D eigenvalue weighted by Gasteiger charge is 2.20. The largest absolute Gasteiger partial charge is 0.493 e. The monoisotopic (exact) mass is 542 g/mol. The fraction of sp³-hybridized carbons (Fsp3) is 0.333. The maximum Gasteiger partial charge on any atom is 0.231 e. The van der Waals surface area contributed by atoms with Crippen LogP contribution < -0.4 is 24.3 Å². The third-order valence-electron chi connectivity index (χ3n) is 7.09. The third kappa shape index (κ3) is 6.30. The van der Waals surface area contributed by atoms with E-state index in [1.54, 1.807) is 40.7 Å². The number of carbonyl (C=O) groups excluding carboxylic acids is 1. The van der Waals surface area contributed by atoms with Gasteiger partial charge in [-0.3, -0.25) is 9.78 Å². The van der Waals surface area contributed by atoms with Crippen LogP contribution in [0.4, 0.5) is 5.69 Å². The van der Waals surface area contributed by atoms with Crippen LogP contribution in [0.2, 0.25) is 0 Å². The highest BCUT2D eigenvalue weighted by molar-refractivity contribution is 5.97. The molecule has 0 fully saturated rings. The molecule has 0 saturated carbocycles. The fourth-order valence-corrected chi connectivity index (χ4v) is 4.87. The van der Waals surface area contributed by atoms with Crippen molar-refractivity contribution in [3.05, 3.63) is 83.2 Å². The molecule has 0 bridgehead atoms. The minimum atomic E-state index is -0.346. The average Bonchev–Trinajstić information content (AvgIpc) is 2.96. The molecule has 7 nitrogen and oxygen atoms in total. The molecule has 1 atom stereocenters. The molecule has 7 heteroatoms. The summed E-state index contributed by atoms with van der Waals surface area (Å²) in [7, 11) is 6.40. The van der Waals surface area contributed by atoms with E-state index in [9.17, 15) is 4.79 Å². The molecule has 0 aliphatic heterocycles. The Kier molecular flexibility index (Phi) is 9.15. The number of rotatable bonds is 11. The zero-order chi connectivity index (χ0) is 28.8. The number of hydrogen-bond acceptors (Lipinski definition) is 6. The van der Waals surface area contributed by atoms with Gasteiger partial charge in [-0.25, -0.2) is 0 Å². The number of nitrogens with zero attached hydrogens (tertiary/aromatic N) is 1. The van der Waals surface area contributed by atoms with E-state index in [-0.39, 0.29) is 11.8 Å². The second kappa shape index (κ2) is 12.7. The van der Waals surface area contributed by atoms with Gasteiger partial charge in [0.1, 0.15) is 0 Å². The number of carbonyl (C=O) groups is 1. The van der Waals surface area contributed by atoms with Crippen molar-refractivity contribution in [2.24, 2.45) is 5.92 Å². The normalized spacial score (nSPS) is 11.8. The molecule has 0 aliphatic carbocycles. The quantitative estimate of drug-likeness (QED) is 0.225. The summed E-state index contributed by atoms with van der Waals surface area (Å²) in [4.78, 5) is 18.2. The number of hydrogen-bond donors (Lipinski definition) is 1. The summed E-state index contributed by atoms with van der Waals surface area (Å²) in [5.41, 5.74) is 4.55. The van der Waals surface area contributed by atoms with Crippen molar-refractivity contribution in [2.75, 3.05) is 33.8 Å². The van der Waals surface area contributed by atoms with Crippen molar-refractivity contribution in [3.63, 3.8) is 0 Å². The van der Waals surface area contributed by atoms with Gasteiger partial charge in [-0.05, 0) is 65.6 Å². The smallest absolute Gasteiger partial charge is 0.231 e. The van der Waals surface area contributed by atoms with Crippen molar-refractivity contribution in [2.45, 2.75) is 39.5 Å². The lowest BCUT2D eigenvalue weighted by Gasteiger charge is -2.19. The predicted molar refractivity (Wildman–Crippen MR) is 159 cm³/mol. The number of fused-ring (bicyclic) bond motifs is 1. The van der Waals surface area contributed by atoms with Gasteiger partial charge in [0.25, 0.3) is 0 Å². The van der Waals surface area contributed by atoms with Crippen molar-refractivity contribution >= 4 is 22.4 Å². The summed E-state index contributed by atoms with van der Waals surface area (Å²) in [6.07, 6.45) is 3.23. The first kappa shape index (κ1) is 28.7. The molecule has 1 amide bonds. The van der Waals surface area contributed by atoms with E-state index < -0.39 is 0 Å². The Hall–Kier alpha value is -4.26. The first-order chi connectivity index (χ1) is 19.3. The zero-order valence-electron chi connectivity index (χ0n) is 24.3. The van der Waals surface area contributed by atoms with Crippen molar-refractivity contribution in [1.82, 2.24) is 4.98 Å². The number of aromatic nitrogens is 1. The van der Waals surface area contributed by atoms with Crippen LogP contribution in [0.1, 0.15) is 49.1 Å². The van der Waals surface area contributed by atoms with E-state index in [1.165, 1.54) is 5.56 Å². The lowest BCUT2D eigenvalue weighted by atomic mass is 9.96. The first-order valence-corrected chi connectivity index (χ1v) is 13.4. The van der Waals surface area contributed by atoms with Gasteiger partial charge in [0.15, 0.2) is 23.0 Å². The van der Waals surface area contributed by atoms with Gasteiger partial charge in [0, 0.05) is 29.8 Å². The van der Waals surface area contributed by atoms with Crippen LogP contribution in [0.15, 0.2) is 60.8 Å². The van der Waals surface area contributed by atoms with Gasteiger partial charge in [-0.15, -0.1) is 0 Å². The third-order valence-corrected chi connectivity index (χ3v) is 7.09. The minimum Gasteiger partial charge on any atom is -0.493 e. The van der Waals surface area contributed by atoms with E-state index in [4.69, 9.17) is 18.9 Å². The molecule has 1 N–H and O–H groups in total. The van der Waals surface area contributed by atoms with Crippen LogP contribution in [0.5, 0.6) is 23.0 Å². The topological polar surface area (TPSA) is 78.9 Å². The molecule has 210 valence electrons. The van der Waals surface area contributed by atoms with Crippen LogP contribution in [0.3, 0.4) is 0 Å². The molecule has 0 aliphatic rings. The Morgan fingerprint density at radius 3 is 2.02 bits per heavy atom. The maximum atomic E-state index is 13.5. The number of methoxy groups -OCH3 is 4. The first-order valence-electron chi connectivity index (χ1n) is 13.4. The molecule has 4 rings (SSSR count). The Morgan fingerprint density at radius 2 is 1.40 bits per heavy atom. The summed E-state index contributed by atoms with van der Waals surface area (Å²) in [6, 6.07) is 17.8. The molecule has 4 aromatic rings. The van der Waals surface area contributed by atoms with Crippen LogP contribution >= 0.6 is 0 Å². The molecule has 0 spiro atoms. The van der Waals surface area contributed by atoms with Crippen LogP contribution in [0.25, 0.3) is 10.8 Å². The zero-order valence-corrected chi connectivity index (χ0v) is 24.3. The van der Waals surface area contributed by atoms with E-state index in [1.807, 2.05) is 43.3 Å². The standard InChI is InChI=1S/C33H38N2O5/c1-20(2)14-22-8-10-23(11-9-22)21(3)33(36)35-27-19-32(40-7)30(38-5)17-25(27)15-28-26-18-31(39-6)29(37-4)16-24(26)12-13-34-28/h8-13,16-21H,14-15H2,1-7H3,(H,35,36). The lowest BCUT2D eigenvalue weighted by molar-refractivity contribution is -0.117. The number of anilines is 1. The van der Waals surface area contributed by atoms with Crippen molar-refractivity contribution in [3.8, 4) is 23.0 Å². The van der Waals surface area contributed by atoms with Gasteiger partial charge in [-0.2, -0.15) is 0 Å². The number of pyridine rings is 1. The highest BCUT2D eigenvalue weighted by Crippen LogP contribution is 2.37. The summed E-state index contributed by atoms with van der Waals surface area (Å²) < 4.78 is 22.2. The summed E-state index contributed by atoms with van der Waals surface area (Å²) in [6.45, 7) is 6.32. The molecule has 1 heterocycles. The molecule has 3 aromatic carbocycles. The minimum absolute atomic E-state index is 0.109. The van der Waals surface area contributed by atoms with Crippen molar-refractivity contribution < 1.29 is 23.7 Å². The average molecular weight is 543 g/mol. The molecular weight excluding hydrogens is 504 g/mol. The second-order valence-electron chi connectivity index (χ2n) is 10.3. The van der Waals surface area contributed by atoms with Crippen molar-refractivity contribution in [1.29, 1.82) is 0 Å². The van der Waals surface area contributed by atoms with Gasteiger partial charge in [0.2, 0.25) is 5.91 Å².